The van der Waals surface area contributed by atoms with Gasteiger partial charge in [0.25, 0.3) is 0 Å². The summed E-state index contributed by atoms with van der Waals surface area (Å²) in [7, 11) is 0. The number of nitrogens with zero attached hydrogens (tertiary/aromatic N) is 2. The van der Waals surface area contributed by atoms with E-state index < -0.39 is 0 Å². The van der Waals surface area contributed by atoms with Crippen molar-refractivity contribution in [3.05, 3.63) is 18.0 Å². The zero-order valence-corrected chi connectivity index (χ0v) is 8.40. The highest BCUT2D eigenvalue weighted by Gasteiger charge is 2.07. The molecule has 1 heterocycles. The van der Waals surface area contributed by atoms with Crippen LogP contribution in [0.15, 0.2) is 12.3 Å². The zero-order valence-electron chi connectivity index (χ0n) is 8.40. The first-order valence-corrected chi connectivity index (χ1v) is 4.62. The molecular formula is C10H16N2O. The van der Waals surface area contributed by atoms with Gasteiger partial charge in [0.15, 0.2) is 0 Å². The van der Waals surface area contributed by atoms with Gasteiger partial charge in [-0.25, -0.2) is 0 Å². The summed E-state index contributed by atoms with van der Waals surface area (Å²) < 4.78 is 1.89. The van der Waals surface area contributed by atoms with Crippen LogP contribution in [0.3, 0.4) is 0 Å². The Morgan fingerprint density at radius 2 is 2.23 bits per heavy atom. The number of aldehydes is 1. The standard InChI is InChI=1S/C10H16N2O/c1-8(2)6-12-5-4-10(11-12)9(3)7-13/h4-5,7-9H,6H2,1-3H3. The third kappa shape index (κ3) is 2.68. The van der Waals surface area contributed by atoms with Crippen LogP contribution in [0.4, 0.5) is 0 Å². The fourth-order valence-corrected chi connectivity index (χ4v) is 1.17. The van der Waals surface area contributed by atoms with Gasteiger partial charge in [-0.3, -0.25) is 4.68 Å². The average Bonchev–Trinajstić information content (AvgIpc) is 2.50. The Kier molecular flexibility index (Phi) is 3.23. The second kappa shape index (κ2) is 4.21. The maximum atomic E-state index is 10.5. The molecule has 0 aromatic carbocycles. The first-order valence-electron chi connectivity index (χ1n) is 4.62. The molecule has 0 spiro atoms. The topological polar surface area (TPSA) is 34.9 Å². The zero-order chi connectivity index (χ0) is 9.84. The van der Waals surface area contributed by atoms with Crippen molar-refractivity contribution in [3.63, 3.8) is 0 Å². The summed E-state index contributed by atoms with van der Waals surface area (Å²) in [6.45, 7) is 7.05. The number of hydrogen-bond donors (Lipinski definition) is 0. The van der Waals surface area contributed by atoms with Crippen molar-refractivity contribution in [2.75, 3.05) is 0 Å². The molecule has 0 aliphatic rings. The molecule has 0 amide bonds. The lowest BCUT2D eigenvalue weighted by atomic mass is 10.1. The Hall–Kier alpha value is -1.12. The summed E-state index contributed by atoms with van der Waals surface area (Å²) in [6, 6.07) is 1.90. The Bertz CT molecular complexity index is 278. The molecule has 1 unspecified atom stereocenters. The van der Waals surface area contributed by atoms with Gasteiger partial charge in [0.1, 0.15) is 6.29 Å². The maximum Gasteiger partial charge on any atom is 0.128 e. The maximum absolute atomic E-state index is 10.5. The summed E-state index contributed by atoms with van der Waals surface area (Å²) in [6.07, 6.45) is 2.84. The van der Waals surface area contributed by atoms with Gasteiger partial charge in [-0.1, -0.05) is 20.8 Å². The van der Waals surface area contributed by atoms with Crippen molar-refractivity contribution in [2.24, 2.45) is 5.92 Å². The van der Waals surface area contributed by atoms with Gasteiger partial charge in [0.05, 0.1) is 11.6 Å². The molecule has 13 heavy (non-hydrogen) atoms. The molecule has 3 heteroatoms. The molecule has 1 atom stereocenters. The lowest BCUT2D eigenvalue weighted by Crippen LogP contribution is -2.06. The van der Waals surface area contributed by atoms with Crippen molar-refractivity contribution >= 4 is 6.29 Å². The van der Waals surface area contributed by atoms with Gasteiger partial charge in [0.2, 0.25) is 0 Å². The number of carbonyl (C=O) groups excluding carboxylic acids is 1. The van der Waals surface area contributed by atoms with Crippen molar-refractivity contribution in [1.29, 1.82) is 0 Å². The summed E-state index contributed by atoms with van der Waals surface area (Å²) in [5.41, 5.74) is 0.857. The van der Waals surface area contributed by atoms with E-state index in [1.807, 2.05) is 23.9 Å². The smallest absolute Gasteiger partial charge is 0.128 e. The molecule has 0 saturated carbocycles. The second-order valence-electron chi connectivity index (χ2n) is 3.78. The largest absolute Gasteiger partial charge is 0.303 e. The van der Waals surface area contributed by atoms with Crippen LogP contribution in [0.5, 0.6) is 0 Å². The van der Waals surface area contributed by atoms with Crippen LogP contribution < -0.4 is 0 Å². The highest BCUT2D eigenvalue weighted by Crippen LogP contribution is 2.09. The van der Waals surface area contributed by atoms with Gasteiger partial charge in [-0.05, 0) is 12.0 Å². The Morgan fingerprint density at radius 3 is 2.77 bits per heavy atom. The molecule has 0 radical (unpaired) electrons. The normalized spacial score (nSPS) is 13.2. The summed E-state index contributed by atoms with van der Waals surface area (Å²) in [4.78, 5) is 10.5. The lowest BCUT2D eigenvalue weighted by molar-refractivity contribution is -0.108. The second-order valence-corrected chi connectivity index (χ2v) is 3.78. The first-order chi connectivity index (χ1) is 6.13. The third-order valence-corrected chi connectivity index (χ3v) is 1.88. The van der Waals surface area contributed by atoms with Gasteiger partial charge in [-0.15, -0.1) is 0 Å². The Balaban J connectivity index is 2.68. The van der Waals surface area contributed by atoms with Crippen LogP contribution in [0.25, 0.3) is 0 Å². The number of aromatic nitrogens is 2. The van der Waals surface area contributed by atoms with E-state index in [4.69, 9.17) is 0 Å². The van der Waals surface area contributed by atoms with E-state index in [0.29, 0.717) is 5.92 Å². The van der Waals surface area contributed by atoms with E-state index in [0.717, 1.165) is 18.5 Å². The molecule has 0 fully saturated rings. The van der Waals surface area contributed by atoms with Gasteiger partial charge >= 0.3 is 0 Å². The number of rotatable bonds is 4. The van der Waals surface area contributed by atoms with Crippen LogP contribution in [0.1, 0.15) is 32.4 Å². The molecule has 0 bridgehead atoms. The van der Waals surface area contributed by atoms with Crippen LogP contribution in [0, 0.1) is 5.92 Å². The predicted molar refractivity (Wildman–Crippen MR) is 51.5 cm³/mol. The van der Waals surface area contributed by atoms with E-state index in [9.17, 15) is 4.79 Å². The minimum Gasteiger partial charge on any atom is -0.303 e. The van der Waals surface area contributed by atoms with E-state index in [-0.39, 0.29) is 5.92 Å². The SMILES string of the molecule is CC(C)Cn1ccc(C(C)C=O)n1. The van der Waals surface area contributed by atoms with Crippen LogP contribution in [0.2, 0.25) is 0 Å². The van der Waals surface area contributed by atoms with E-state index in [2.05, 4.69) is 18.9 Å². The fourth-order valence-electron chi connectivity index (χ4n) is 1.17. The van der Waals surface area contributed by atoms with Crippen molar-refractivity contribution in [3.8, 4) is 0 Å². The van der Waals surface area contributed by atoms with Gasteiger partial charge < -0.3 is 4.79 Å². The molecule has 0 N–H and O–H groups in total. The number of carbonyl (C=O) groups is 1. The Morgan fingerprint density at radius 1 is 1.54 bits per heavy atom. The highest BCUT2D eigenvalue weighted by atomic mass is 16.1. The average molecular weight is 180 g/mol. The first kappa shape index (κ1) is 9.96. The third-order valence-electron chi connectivity index (χ3n) is 1.88. The van der Waals surface area contributed by atoms with Crippen LogP contribution in [-0.2, 0) is 11.3 Å². The van der Waals surface area contributed by atoms with Crippen molar-refractivity contribution in [2.45, 2.75) is 33.2 Å². The van der Waals surface area contributed by atoms with E-state index in [1.54, 1.807) is 0 Å². The van der Waals surface area contributed by atoms with Gasteiger partial charge in [-0.2, -0.15) is 5.10 Å². The molecule has 1 rings (SSSR count). The Labute approximate surface area is 78.8 Å². The minimum absolute atomic E-state index is 0.0894. The molecule has 1 aromatic heterocycles. The summed E-state index contributed by atoms with van der Waals surface area (Å²) in [5.74, 6) is 0.493. The molecule has 0 aliphatic heterocycles. The van der Waals surface area contributed by atoms with Crippen molar-refractivity contribution in [1.82, 2.24) is 9.78 Å². The molecule has 3 nitrogen and oxygen atoms in total. The quantitative estimate of drug-likeness (QED) is 0.663. The molecular weight excluding hydrogens is 164 g/mol. The molecule has 0 aliphatic carbocycles. The van der Waals surface area contributed by atoms with E-state index >= 15 is 0 Å². The van der Waals surface area contributed by atoms with Gasteiger partial charge in [0, 0.05) is 12.7 Å². The summed E-state index contributed by atoms with van der Waals surface area (Å²) >= 11 is 0. The lowest BCUT2D eigenvalue weighted by Gasteiger charge is -2.04. The van der Waals surface area contributed by atoms with Crippen LogP contribution >= 0.6 is 0 Å². The predicted octanol–water partition coefficient (Wildman–Crippen LogP) is 1.84. The molecule has 72 valence electrons. The monoisotopic (exact) mass is 180 g/mol. The van der Waals surface area contributed by atoms with E-state index in [1.165, 1.54) is 0 Å². The summed E-state index contributed by atoms with van der Waals surface area (Å²) in [5, 5.41) is 4.31. The van der Waals surface area contributed by atoms with Crippen LogP contribution in [-0.4, -0.2) is 16.1 Å². The molecule has 1 aromatic rings. The minimum atomic E-state index is -0.0894. The fraction of sp³-hybridized carbons (Fsp3) is 0.600. The molecule has 0 saturated heterocycles. The van der Waals surface area contributed by atoms with Crippen molar-refractivity contribution < 1.29 is 4.79 Å². The number of hydrogen-bond acceptors (Lipinski definition) is 2. The highest BCUT2D eigenvalue weighted by molar-refractivity contribution is 5.59.